The Bertz CT molecular complexity index is 625. The van der Waals surface area contributed by atoms with Crippen molar-refractivity contribution < 1.29 is 9.47 Å². The second kappa shape index (κ2) is 11.5. The molecule has 0 radical (unpaired) electrons. The zero-order chi connectivity index (χ0) is 20.5. The van der Waals surface area contributed by atoms with Crippen LogP contribution in [0, 0.1) is 5.92 Å². The van der Waals surface area contributed by atoms with E-state index < -0.39 is 0 Å². The fourth-order valence-electron chi connectivity index (χ4n) is 4.22. The van der Waals surface area contributed by atoms with E-state index in [9.17, 15) is 0 Å². The third kappa shape index (κ3) is 6.69. The highest BCUT2D eigenvalue weighted by Crippen LogP contribution is 2.18. The Morgan fingerprint density at radius 2 is 2.14 bits per heavy atom. The molecule has 2 saturated heterocycles. The number of nitrogens with zero attached hydrogens (tertiary/aromatic N) is 3. The van der Waals surface area contributed by atoms with Gasteiger partial charge in [0.25, 0.3) is 0 Å². The van der Waals surface area contributed by atoms with Gasteiger partial charge in [-0.25, -0.2) is 0 Å². The van der Waals surface area contributed by atoms with Crippen LogP contribution in [0.3, 0.4) is 0 Å². The molecule has 2 heterocycles. The Morgan fingerprint density at radius 3 is 2.90 bits per heavy atom. The van der Waals surface area contributed by atoms with Crippen molar-refractivity contribution in [2.45, 2.75) is 45.9 Å². The summed E-state index contributed by atoms with van der Waals surface area (Å²) in [6.45, 7) is 14.6. The van der Waals surface area contributed by atoms with Gasteiger partial charge in [0.15, 0.2) is 5.96 Å². The van der Waals surface area contributed by atoms with E-state index >= 15 is 0 Å². The van der Waals surface area contributed by atoms with Gasteiger partial charge in [-0.1, -0.05) is 30.3 Å². The van der Waals surface area contributed by atoms with Crippen LogP contribution in [-0.4, -0.2) is 80.4 Å². The number of nitrogens with one attached hydrogen (secondary N) is 1. The normalized spacial score (nSPS) is 24.7. The Morgan fingerprint density at radius 1 is 1.31 bits per heavy atom. The highest BCUT2D eigenvalue weighted by Gasteiger charge is 2.26. The van der Waals surface area contributed by atoms with Gasteiger partial charge in [0.2, 0.25) is 0 Å². The molecule has 0 amide bonds. The van der Waals surface area contributed by atoms with E-state index in [4.69, 9.17) is 14.5 Å². The van der Waals surface area contributed by atoms with E-state index in [0.29, 0.717) is 24.6 Å². The predicted molar refractivity (Wildman–Crippen MR) is 118 cm³/mol. The number of morpholine rings is 1. The third-order valence-electron chi connectivity index (χ3n) is 5.88. The van der Waals surface area contributed by atoms with E-state index in [0.717, 1.165) is 64.9 Å². The van der Waals surface area contributed by atoms with E-state index in [1.807, 2.05) is 6.07 Å². The van der Waals surface area contributed by atoms with Gasteiger partial charge in [0.1, 0.15) is 0 Å². The van der Waals surface area contributed by atoms with Crippen LogP contribution < -0.4 is 5.32 Å². The summed E-state index contributed by atoms with van der Waals surface area (Å²) in [6, 6.07) is 11.3. The smallest absolute Gasteiger partial charge is 0.193 e. The minimum Gasteiger partial charge on any atom is -0.379 e. The summed E-state index contributed by atoms with van der Waals surface area (Å²) in [5.74, 6) is 1.62. The molecule has 1 aromatic carbocycles. The van der Waals surface area contributed by atoms with Crippen LogP contribution in [0.5, 0.6) is 0 Å². The largest absolute Gasteiger partial charge is 0.379 e. The Balaban J connectivity index is 1.46. The van der Waals surface area contributed by atoms with Crippen LogP contribution in [0.15, 0.2) is 35.3 Å². The minimum absolute atomic E-state index is 0.426. The molecular weight excluding hydrogens is 364 g/mol. The summed E-state index contributed by atoms with van der Waals surface area (Å²) < 4.78 is 11.5. The van der Waals surface area contributed by atoms with Crippen LogP contribution >= 0.6 is 0 Å². The molecule has 6 nitrogen and oxygen atoms in total. The number of hydrogen-bond donors (Lipinski definition) is 1. The molecule has 29 heavy (non-hydrogen) atoms. The van der Waals surface area contributed by atoms with E-state index in [1.165, 1.54) is 5.56 Å². The highest BCUT2D eigenvalue weighted by atomic mass is 16.5. The first-order chi connectivity index (χ1) is 14.2. The van der Waals surface area contributed by atoms with Crippen LogP contribution in [0.25, 0.3) is 0 Å². The Labute approximate surface area is 176 Å². The summed E-state index contributed by atoms with van der Waals surface area (Å²) in [4.78, 5) is 9.89. The Kier molecular flexibility index (Phi) is 8.77. The molecule has 3 atom stereocenters. The number of benzene rings is 1. The van der Waals surface area contributed by atoms with Crippen molar-refractivity contribution in [3.63, 3.8) is 0 Å². The second-order valence-electron chi connectivity index (χ2n) is 8.31. The molecule has 3 unspecified atom stereocenters. The molecule has 6 heteroatoms. The fourth-order valence-corrected chi connectivity index (χ4v) is 4.22. The van der Waals surface area contributed by atoms with Crippen molar-refractivity contribution >= 4 is 5.96 Å². The zero-order valence-electron chi connectivity index (χ0n) is 18.3. The van der Waals surface area contributed by atoms with Gasteiger partial charge in [0, 0.05) is 44.2 Å². The Hall–Kier alpha value is -1.63. The molecule has 0 bridgehead atoms. The lowest BCUT2D eigenvalue weighted by molar-refractivity contribution is -0.0166. The van der Waals surface area contributed by atoms with Crippen molar-refractivity contribution in [2.75, 3.05) is 52.5 Å². The first-order valence-electron chi connectivity index (χ1n) is 11.2. The summed E-state index contributed by atoms with van der Waals surface area (Å²) in [5, 5.41) is 3.49. The van der Waals surface area contributed by atoms with Crippen LogP contribution in [0.2, 0.25) is 0 Å². The van der Waals surface area contributed by atoms with E-state index in [-0.39, 0.29) is 0 Å². The van der Waals surface area contributed by atoms with Crippen molar-refractivity contribution in [3.8, 4) is 0 Å². The average Bonchev–Trinajstić information content (AvgIpc) is 3.21. The first kappa shape index (κ1) is 22.1. The van der Waals surface area contributed by atoms with E-state index in [2.05, 4.69) is 60.2 Å². The lowest BCUT2D eigenvalue weighted by Crippen LogP contribution is -2.49. The van der Waals surface area contributed by atoms with Crippen LogP contribution in [0.4, 0.5) is 0 Å². The molecule has 3 rings (SSSR count). The maximum atomic E-state index is 5.98. The summed E-state index contributed by atoms with van der Waals surface area (Å²) >= 11 is 0. The molecule has 0 aromatic heterocycles. The van der Waals surface area contributed by atoms with Gasteiger partial charge in [-0.05, 0) is 32.8 Å². The van der Waals surface area contributed by atoms with Gasteiger partial charge in [0.05, 0.1) is 33.0 Å². The number of hydrogen-bond acceptors (Lipinski definition) is 4. The van der Waals surface area contributed by atoms with Gasteiger partial charge in [-0.3, -0.25) is 9.89 Å². The van der Waals surface area contributed by atoms with Crippen LogP contribution in [0.1, 0.15) is 32.8 Å². The van der Waals surface area contributed by atoms with Crippen molar-refractivity contribution in [2.24, 2.45) is 10.9 Å². The molecule has 1 aromatic rings. The first-order valence-corrected chi connectivity index (χ1v) is 11.2. The topological polar surface area (TPSA) is 49.3 Å². The molecule has 162 valence electrons. The zero-order valence-corrected chi connectivity index (χ0v) is 18.3. The number of rotatable bonds is 8. The average molecular weight is 403 g/mol. The monoisotopic (exact) mass is 402 g/mol. The maximum Gasteiger partial charge on any atom is 0.193 e. The van der Waals surface area contributed by atoms with Crippen molar-refractivity contribution in [1.29, 1.82) is 0 Å². The number of aliphatic imine (C=N–C) groups is 1. The third-order valence-corrected chi connectivity index (χ3v) is 5.88. The highest BCUT2D eigenvalue weighted by molar-refractivity contribution is 5.80. The van der Waals surface area contributed by atoms with Crippen molar-refractivity contribution in [1.82, 2.24) is 15.1 Å². The molecule has 2 aliphatic heterocycles. The lowest BCUT2D eigenvalue weighted by Gasteiger charge is -2.37. The molecule has 0 aliphatic carbocycles. The SMILES string of the molecule is CCNC(=NCC(C)N1CCOCC1C)N1CCC(COCc2ccccc2)C1. The van der Waals surface area contributed by atoms with Crippen LogP contribution in [-0.2, 0) is 16.1 Å². The molecule has 2 aliphatic rings. The van der Waals surface area contributed by atoms with Gasteiger partial charge in [-0.15, -0.1) is 0 Å². The van der Waals surface area contributed by atoms with Gasteiger partial charge < -0.3 is 19.7 Å². The second-order valence-corrected chi connectivity index (χ2v) is 8.31. The molecule has 2 fully saturated rings. The van der Waals surface area contributed by atoms with Gasteiger partial charge >= 0.3 is 0 Å². The molecule has 1 N–H and O–H groups in total. The maximum absolute atomic E-state index is 5.98. The standard InChI is InChI=1S/C23H38N4O2/c1-4-24-23(25-14-19(2)27-12-13-28-16-20(27)3)26-11-10-22(15-26)18-29-17-21-8-6-5-7-9-21/h5-9,19-20,22H,4,10-18H2,1-3H3,(H,24,25). The molecule has 0 spiro atoms. The molecular formula is C23H38N4O2. The van der Waals surface area contributed by atoms with Crippen molar-refractivity contribution in [3.05, 3.63) is 35.9 Å². The van der Waals surface area contributed by atoms with Gasteiger partial charge in [-0.2, -0.15) is 0 Å². The quantitative estimate of drug-likeness (QED) is 0.535. The summed E-state index contributed by atoms with van der Waals surface area (Å²) in [7, 11) is 0. The number of likely N-dealkylation sites (tertiary alicyclic amines) is 1. The molecule has 0 saturated carbocycles. The predicted octanol–water partition coefficient (Wildman–Crippen LogP) is 2.60. The fraction of sp³-hybridized carbons (Fsp3) is 0.696. The summed E-state index contributed by atoms with van der Waals surface area (Å²) in [6.07, 6.45) is 1.16. The van der Waals surface area contributed by atoms with E-state index in [1.54, 1.807) is 0 Å². The lowest BCUT2D eigenvalue weighted by atomic mass is 10.1. The minimum atomic E-state index is 0.426. The number of ether oxygens (including phenoxy) is 2. The number of guanidine groups is 1. The summed E-state index contributed by atoms with van der Waals surface area (Å²) in [5.41, 5.74) is 1.24.